The fraction of sp³-hybridized carbons (Fsp3) is 0.600. The third-order valence-electron chi connectivity index (χ3n) is 3.95. The summed E-state index contributed by atoms with van der Waals surface area (Å²) in [5.41, 5.74) is 6.43. The van der Waals surface area contributed by atoms with Crippen molar-refractivity contribution in [1.82, 2.24) is 4.90 Å². The van der Waals surface area contributed by atoms with Gasteiger partial charge in [-0.2, -0.15) is 0 Å². The number of nitrogens with zero attached hydrogens (tertiary/aromatic N) is 1. The predicted molar refractivity (Wildman–Crippen MR) is 72.7 cm³/mol. The minimum Gasteiger partial charge on any atom is -0.330 e. The van der Waals surface area contributed by atoms with E-state index >= 15 is 0 Å². The van der Waals surface area contributed by atoms with E-state index < -0.39 is 11.6 Å². The summed E-state index contributed by atoms with van der Waals surface area (Å²) in [6, 6.07) is 3.87. The van der Waals surface area contributed by atoms with Gasteiger partial charge in [0.15, 0.2) is 0 Å². The number of hydrogen-bond donors (Lipinski definition) is 1. The molecule has 0 spiro atoms. The van der Waals surface area contributed by atoms with Gasteiger partial charge in [0.1, 0.15) is 11.6 Å². The summed E-state index contributed by atoms with van der Waals surface area (Å²) in [6.45, 7) is 4.55. The normalized spacial score (nSPS) is 24.6. The molecule has 2 atom stereocenters. The fourth-order valence-electron chi connectivity index (χ4n) is 3.13. The molecule has 1 heterocycles. The van der Waals surface area contributed by atoms with E-state index in [1.165, 1.54) is 6.07 Å². The van der Waals surface area contributed by atoms with Crippen LogP contribution in [0, 0.1) is 17.6 Å². The maximum absolute atomic E-state index is 14.1. The first-order valence-electron chi connectivity index (χ1n) is 7.06. The van der Waals surface area contributed by atoms with Crippen LogP contribution in [-0.4, -0.2) is 24.5 Å². The number of rotatable bonds is 4. The lowest BCUT2D eigenvalue weighted by Gasteiger charge is -2.41. The van der Waals surface area contributed by atoms with Crippen molar-refractivity contribution in [3.05, 3.63) is 35.4 Å². The molecule has 2 rings (SSSR count). The first-order chi connectivity index (χ1) is 9.17. The number of hydrogen-bond acceptors (Lipinski definition) is 2. The topological polar surface area (TPSA) is 29.3 Å². The van der Waals surface area contributed by atoms with Crippen LogP contribution in [0.2, 0.25) is 0 Å². The van der Waals surface area contributed by atoms with Gasteiger partial charge in [-0.15, -0.1) is 0 Å². The Morgan fingerprint density at radius 1 is 1.37 bits per heavy atom. The average Bonchev–Trinajstić information content (AvgIpc) is 2.39. The molecule has 1 fully saturated rings. The van der Waals surface area contributed by atoms with Gasteiger partial charge in [0.25, 0.3) is 0 Å². The van der Waals surface area contributed by atoms with Crippen LogP contribution in [0.5, 0.6) is 0 Å². The lowest BCUT2D eigenvalue weighted by atomic mass is 9.84. The largest absolute Gasteiger partial charge is 0.330 e. The molecule has 19 heavy (non-hydrogen) atoms. The van der Waals surface area contributed by atoms with E-state index in [1.54, 1.807) is 6.07 Å². The van der Waals surface area contributed by atoms with Crippen molar-refractivity contribution in [3.8, 4) is 0 Å². The molecule has 1 aromatic rings. The van der Waals surface area contributed by atoms with Crippen LogP contribution in [-0.2, 0) is 0 Å². The van der Waals surface area contributed by atoms with Gasteiger partial charge in [-0.1, -0.05) is 13.0 Å². The van der Waals surface area contributed by atoms with Crippen molar-refractivity contribution in [3.63, 3.8) is 0 Å². The molecule has 0 radical (unpaired) electrons. The minimum absolute atomic E-state index is 0.0145. The van der Waals surface area contributed by atoms with Crippen LogP contribution in [0.15, 0.2) is 18.2 Å². The van der Waals surface area contributed by atoms with Gasteiger partial charge in [-0.3, -0.25) is 4.90 Å². The Hall–Kier alpha value is -1.00. The van der Waals surface area contributed by atoms with Crippen LogP contribution < -0.4 is 5.73 Å². The highest BCUT2D eigenvalue weighted by Gasteiger charge is 2.32. The van der Waals surface area contributed by atoms with E-state index in [0.29, 0.717) is 12.1 Å². The van der Waals surface area contributed by atoms with Gasteiger partial charge in [0.05, 0.1) is 0 Å². The molecule has 2 nitrogen and oxygen atoms in total. The molecule has 1 aromatic carbocycles. The quantitative estimate of drug-likeness (QED) is 0.909. The van der Waals surface area contributed by atoms with Crippen LogP contribution in [0.25, 0.3) is 0 Å². The number of benzene rings is 1. The Bertz CT molecular complexity index is 421. The summed E-state index contributed by atoms with van der Waals surface area (Å²) in [6.07, 6.45) is 3.13. The van der Waals surface area contributed by atoms with Crippen LogP contribution >= 0.6 is 0 Å². The van der Waals surface area contributed by atoms with Crippen LogP contribution in [0.4, 0.5) is 8.78 Å². The highest BCUT2D eigenvalue weighted by molar-refractivity contribution is 5.23. The third-order valence-corrected chi connectivity index (χ3v) is 3.95. The maximum Gasteiger partial charge on any atom is 0.130 e. The van der Waals surface area contributed by atoms with Crippen molar-refractivity contribution in [2.24, 2.45) is 11.7 Å². The highest BCUT2D eigenvalue weighted by atomic mass is 19.1. The zero-order valence-electron chi connectivity index (χ0n) is 11.4. The van der Waals surface area contributed by atoms with Crippen molar-refractivity contribution < 1.29 is 8.78 Å². The van der Waals surface area contributed by atoms with E-state index in [-0.39, 0.29) is 12.0 Å². The molecule has 2 N–H and O–H groups in total. The molecule has 4 heteroatoms. The fourth-order valence-corrected chi connectivity index (χ4v) is 3.13. The highest BCUT2D eigenvalue weighted by Crippen LogP contribution is 2.36. The molecular formula is C15H22F2N2. The third kappa shape index (κ3) is 3.12. The van der Waals surface area contributed by atoms with E-state index in [0.717, 1.165) is 38.4 Å². The number of nitrogens with two attached hydrogens (primary N) is 1. The first kappa shape index (κ1) is 14.4. The van der Waals surface area contributed by atoms with Crippen molar-refractivity contribution >= 4 is 0 Å². The molecule has 1 aliphatic heterocycles. The molecule has 1 saturated heterocycles. The van der Waals surface area contributed by atoms with Crippen LogP contribution in [0.1, 0.15) is 37.8 Å². The lowest BCUT2D eigenvalue weighted by molar-refractivity contribution is 0.0932. The Balaban J connectivity index is 2.33. The monoisotopic (exact) mass is 268 g/mol. The van der Waals surface area contributed by atoms with Gasteiger partial charge >= 0.3 is 0 Å². The standard InChI is InChI=1S/C15H22F2N2/c1-2-7-19-8-3-4-11(10-18)15(19)13-6-5-12(16)9-14(13)17/h5-6,9,11,15H,2-4,7-8,10,18H2,1H3. The van der Waals surface area contributed by atoms with E-state index in [4.69, 9.17) is 5.73 Å². The Labute approximate surface area is 113 Å². The number of piperidine rings is 1. The van der Waals surface area contributed by atoms with Crippen molar-refractivity contribution in [2.45, 2.75) is 32.2 Å². The molecule has 0 amide bonds. The summed E-state index contributed by atoms with van der Waals surface area (Å²) in [5.74, 6) is -0.727. The molecule has 1 aliphatic rings. The second-order valence-electron chi connectivity index (χ2n) is 5.28. The summed E-state index contributed by atoms with van der Waals surface area (Å²) in [7, 11) is 0. The van der Waals surface area contributed by atoms with Crippen LogP contribution in [0.3, 0.4) is 0 Å². The zero-order chi connectivity index (χ0) is 13.8. The van der Waals surface area contributed by atoms with Gasteiger partial charge in [-0.25, -0.2) is 8.78 Å². The molecule has 0 aromatic heterocycles. The molecule has 0 bridgehead atoms. The number of halogens is 2. The van der Waals surface area contributed by atoms with Gasteiger partial charge in [0, 0.05) is 17.7 Å². The average molecular weight is 268 g/mol. The lowest BCUT2D eigenvalue weighted by Crippen LogP contribution is -2.42. The summed E-state index contributed by atoms with van der Waals surface area (Å²) in [5, 5.41) is 0. The first-order valence-corrected chi connectivity index (χ1v) is 7.06. The summed E-state index contributed by atoms with van der Waals surface area (Å²) < 4.78 is 27.1. The molecule has 0 aliphatic carbocycles. The Morgan fingerprint density at radius 2 is 2.16 bits per heavy atom. The molecule has 2 unspecified atom stereocenters. The van der Waals surface area contributed by atoms with Gasteiger partial charge in [0.2, 0.25) is 0 Å². The van der Waals surface area contributed by atoms with Crippen molar-refractivity contribution in [1.29, 1.82) is 0 Å². The molecular weight excluding hydrogens is 246 g/mol. The van der Waals surface area contributed by atoms with Gasteiger partial charge in [-0.05, 0) is 50.9 Å². The predicted octanol–water partition coefficient (Wildman–Crippen LogP) is 3.09. The Kier molecular flexibility index (Phi) is 4.88. The second-order valence-corrected chi connectivity index (χ2v) is 5.28. The summed E-state index contributed by atoms with van der Waals surface area (Å²) in [4.78, 5) is 2.29. The maximum atomic E-state index is 14.1. The smallest absolute Gasteiger partial charge is 0.130 e. The molecule has 106 valence electrons. The van der Waals surface area contributed by atoms with Crippen molar-refractivity contribution in [2.75, 3.05) is 19.6 Å². The zero-order valence-corrected chi connectivity index (χ0v) is 11.4. The SMILES string of the molecule is CCCN1CCCC(CN)C1c1ccc(F)cc1F. The Morgan fingerprint density at radius 3 is 2.79 bits per heavy atom. The second kappa shape index (κ2) is 6.44. The number of likely N-dealkylation sites (tertiary alicyclic amines) is 1. The minimum atomic E-state index is -0.525. The van der Waals surface area contributed by atoms with E-state index in [2.05, 4.69) is 11.8 Å². The van der Waals surface area contributed by atoms with E-state index in [1.807, 2.05) is 0 Å². The molecule has 0 saturated carbocycles. The summed E-state index contributed by atoms with van der Waals surface area (Å²) >= 11 is 0. The van der Waals surface area contributed by atoms with E-state index in [9.17, 15) is 8.78 Å². The van der Waals surface area contributed by atoms with Gasteiger partial charge < -0.3 is 5.73 Å².